The van der Waals surface area contributed by atoms with Crippen LogP contribution >= 0.6 is 0 Å². The fraction of sp³-hybridized carbons (Fsp3) is 0.750. The van der Waals surface area contributed by atoms with Crippen molar-refractivity contribution in [1.82, 2.24) is 4.90 Å². The average Bonchev–Trinajstić information content (AvgIpc) is 2.86. The average molecular weight is 268 g/mol. The van der Waals surface area contributed by atoms with E-state index in [1.54, 1.807) is 0 Å². The molecule has 2 bridgehead atoms. The summed E-state index contributed by atoms with van der Waals surface area (Å²) >= 11 is 0. The van der Waals surface area contributed by atoms with Crippen molar-refractivity contribution in [1.29, 1.82) is 0 Å². The highest BCUT2D eigenvalue weighted by molar-refractivity contribution is 5.89. The van der Waals surface area contributed by atoms with Crippen molar-refractivity contribution in [2.45, 2.75) is 25.3 Å². The summed E-state index contributed by atoms with van der Waals surface area (Å²) in [5.41, 5.74) is 16.3. The molecular formula is C12H20N4O3. The molecule has 4 atom stereocenters. The van der Waals surface area contributed by atoms with Crippen molar-refractivity contribution in [2.24, 2.45) is 35.0 Å². The SMILES string of the molecule is NC(=O)CN(CC(N)=O)C(=O)C1C2CCC(C2)C1N. The Morgan fingerprint density at radius 3 is 1.95 bits per heavy atom. The lowest BCUT2D eigenvalue weighted by Gasteiger charge is -2.31. The molecule has 0 heterocycles. The minimum Gasteiger partial charge on any atom is -0.368 e. The number of nitrogens with two attached hydrogens (primary N) is 3. The van der Waals surface area contributed by atoms with Crippen LogP contribution in [0, 0.1) is 17.8 Å². The second-order valence-corrected chi connectivity index (χ2v) is 5.56. The number of carbonyl (C=O) groups excluding carboxylic acids is 3. The maximum Gasteiger partial charge on any atom is 0.237 e. The van der Waals surface area contributed by atoms with E-state index in [1.165, 1.54) is 0 Å². The van der Waals surface area contributed by atoms with Gasteiger partial charge in [0.25, 0.3) is 0 Å². The molecule has 0 aromatic carbocycles. The maximum atomic E-state index is 12.4. The van der Waals surface area contributed by atoms with Gasteiger partial charge in [0.2, 0.25) is 17.7 Å². The summed E-state index contributed by atoms with van der Waals surface area (Å²) in [5.74, 6) is -1.26. The number of hydrogen-bond donors (Lipinski definition) is 3. The van der Waals surface area contributed by atoms with Gasteiger partial charge < -0.3 is 22.1 Å². The van der Waals surface area contributed by atoms with E-state index < -0.39 is 11.8 Å². The van der Waals surface area contributed by atoms with Crippen molar-refractivity contribution in [3.63, 3.8) is 0 Å². The van der Waals surface area contributed by atoms with Crippen LogP contribution in [0.25, 0.3) is 0 Å². The van der Waals surface area contributed by atoms with Crippen molar-refractivity contribution >= 4 is 17.7 Å². The fourth-order valence-corrected chi connectivity index (χ4v) is 3.50. The number of primary amides is 2. The van der Waals surface area contributed by atoms with Gasteiger partial charge in [-0.2, -0.15) is 0 Å². The van der Waals surface area contributed by atoms with Crippen molar-refractivity contribution in [3.05, 3.63) is 0 Å². The van der Waals surface area contributed by atoms with Crippen LogP contribution in [0.15, 0.2) is 0 Å². The van der Waals surface area contributed by atoms with Crippen LogP contribution in [0.4, 0.5) is 0 Å². The predicted octanol–water partition coefficient (Wildman–Crippen LogP) is -1.84. The molecule has 0 radical (unpaired) electrons. The Labute approximate surface area is 111 Å². The second kappa shape index (κ2) is 5.16. The van der Waals surface area contributed by atoms with Gasteiger partial charge in [-0.15, -0.1) is 0 Å². The highest BCUT2D eigenvalue weighted by Gasteiger charge is 2.50. The Morgan fingerprint density at radius 1 is 1.00 bits per heavy atom. The molecule has 0 saturated heterocycles. The zero-order chi connectivity index (χ0) is 14.2. The van der Waals surface area contributed by atoms with Gasteiger partial charge in [-0.25, -0.2) is 0 Å². The standard InChI is InChI=1S/C12H20N4O3/c13-8(17)4-16(5-9(14)18)12(19)10-6-1-2-7(3-6)11(10)15/h6-7,10-11H,1-5,15H2,(H2,13,17)(H2,14,18). The Balaban J connectivity index is 2.10. The van der Waals surface area contributed by atoms with E-state index in [1.807, 2.05) is 0 Å². The molecule has 106 valence electrons. The molecular weight excluding hydrogens is 248 g/mol. The van der Waals surface area contributed by atoms with Crippen LogP contribution in [-0.4, -0.2) is 41.8 Å². The molecule has 19 heavy (non-hydrogen) atoms. The quantitative estimate of drug-likeness (QED) is 0.540. The third-order valence-electron chi connectivity index (χ3n) is 4.27. The van der Waals surface area contributed by atoms with Gasteiger partial charge in [-0.05, 0) is 31.1 Å². The first-order valence-corrected chi connectivity index (χ1v) is 6.51. The van der Waals surface area contributed by atoms with Gasteiger partial charge in [0, 0.05) is 6.04 Å². The molecule has 2 rings (SSSR count). The Bertz CT molecular complexity index is 394. The number of fused-ring (bicyclic) bond motifs is 2. The number of carbonyl (C=O) groups is 3. The molecule has 7 heteroatoms. The summed E-state index contributed by atoms with van der Waals surface area (Å²) in [4.78, 5) is 35.6. The summed E-state index contributed by atoms with van der Waals surface area (Å²) in [6.45, 7) is -0.579. The molecule has 6 N–H and O–H groups in total. The van der Waals surface area contributed by atoms with E-state index >= 15 is 0 Å². The summed E-state index contributed by atoms with van der Waals surface area (Å²) in [6, 6.07) is -0.186. The van der Waals surface area contributed by atoms with E-state index in [0.717, 1.165) is 24.2 Å². The topological polar surface area (TPSA) is 133 Å². The largest absolute Gasteiger partial charge is 0.368 e. The van der Waals surface area contributed by atoms with Gasteiger partial charge >= 0.3 is 0 Å². The monoisotopic (exact) mass is 268 g/mol. The second-order valence-electron chi connectivity index (χ2n) is 5.56. The van der Waals surface area contributed by atoms with E-state index in [0.29, 0.717) is 5.92 Å². The van der Waals surface area contributed by atoms with E-state index in [-0.39, 0.29) is 36.9 Å². The number of rotatable bonds is 5. The van der Waals surface area contributed by atoms with Crippen LogP contribution in [0.5, 0.6) is 0 Å². The lowest BCUT2D eigenvalue weighted by Crippen LogP contribution is -2.51. The first-order chi connectivity index (χ1) is 8.90. The number of hydrogen-bond acceptors (Lipinski definition) is 4. The minimum atomic E-state index is -0.661. The smallest absolute Gasteiger partial charge is 0.237 e. The van der Waals surface area contributed by atoms with Crippen LogP contribution in [-0.2, 0) is 14.4 Å². The molecule has 2 fully saturated rings. The summed E-state index contributed by atoms with van der Waals surface area (Å²) in [6.07, 6.45) is 3.00. The molecule has 4 unspecified atom stereocenters. The normalized spacial score (nSPS) is 32.3. The zero-order valence-electron chi connectivity index (χ0n) is 10.7. The van der Waals surface area contributed by atoms with Crippen molar-refractivity contribution < 1.29 is 14.4 Å². The summed E-state index contributed by atoms with van der Waals surface area (Å²) in [7, 11) is 0. The van der Waals surface area contributed by atoms with Crippen LogP contribution in [0.2, 0.25) is 0 Å². The maximum absolute atomic E-state index is 12.4. The number of nitrogens with zero attached hydrogens (tertiary/aromatic N) is 1. The van der Waals surface area contributed by atoms with Crippen LogP contribution in [0.1, 0.15) is 19.3 Å². The van der Waals surface area contributed by atoms with E-state index in [4.69, 9.17) is 17.2 Å². The van der Waals surface area contributed by atoms with Gasteiger partial charge in [-0.3, -0.25) is 14.4 Å². The molecule has 0 spiro atoms. The van der Waals surface area contributed by atoms with Gasteiger partial charge in [0.05, 0.1) is 19.0 Å². The molecule has 2 saturated carbocycles. The Kier molecular flexibility index (Phi) is 3.75. The molecule has 7 nitrogen and oxygen atoms in total. The minimum absolute atomic E-state index is 0.186. The van der Waals surface area contributed by atoms with Gasteiger partial charge in [0.1, 0.15) is 0 Å². The van der Waals surface area contributed by atoms with Gasteiger partial charge in [-0.1, -0.05) is 0 Å². The summed E-state index contributed by atoms with van der Waals surface area (Å²) in [5, 5.41) is 0. The highest BCUT2D eigenvalue weighted by atomic mass is 16.2. The Hall–Kier alpha value is -1.63. The van der Waals surface area contributed by atoms with Crippen LogP contribution < -0.4 is 17.2 Å². The lowest BCUT2D eigenvalue weighted by molar-refractivity contribution is -0.143. The first kappa shape index (κ1) is 13.8. The zero-order valence-corrected chi connectivity index (χ0v) is 10.7. The van der Waals surface area contributed by atoms with E-state index in [2.05, 4.69) is 0 Å². The van der Waals surface area contributed by atoms with Gasteiger partial charge in [0.15, 0.2) is 0 Å². The molecule has 0 aromatic rings. The third-order valence-corrected chi connectivity index (χ3v) is 4.27. The fourth-order valence-electron chi connectivity index (χ4n) is 3.50. The molecule has 2 aliphatic carbocycles. The molecule has 0 aliphatic heterocycles. The lowest BCUT2D eigenvalue weighted by atomic mass is 9.84. The number of amides is 3. The van der Waals surface area contributed by atoms with Crippen molar-refractivity contribution in [3.8, 4) is 0 Å². The van der Waals surface area contributed by atoms with E-state index in [9.17, 15) is 14.4 Å². The van der Waals surface area contributed by atoms with Crippen molar-refractivity contribution in [2.75, 3.05) is 13.1 Å². The highest BCUT2D eigenvalue weighted by Crippen LogP contribution is 2.48. The first-order valence-electron chi connectivity index (χ1n) is 6.51. The van der Waals surface area contributed by atoms with Crippen LogP contribution in [0.3, 0.4) is 0 Å². The predicted molar refractivity (Wildman–Crippen MR) is 67.3 cm³/mol. The molecule has 3 amide bonds. The third kappa shape index (κ3) is 2.70. The molecule has 2 aliphatic rings. The Morgan fingerprint density at radius 2 is 1.53 bits per heavy atom. The molecule has 0 aromatic heterocycles. The summed E-state index contributed by atoms with van der Waals surface area (Å²) < 4.78 is 0.